The molecule has 0 fully saturated rings. The van der Waals surface area contributed by atoms with Gasteiger partial charge in [-0.25, -0.2) is 13.2 Å². The van der Waals surface area contributed by atoms with E-state index in [0.717, 1.165) is 18.4 Å². The molecule has 0 saturated heterocycles. The summed E-state index contributed by atoms with van der Waals surface area (Å²) in [7, 11) is -3.78. The molecule has 2 aromatic carbocycles. The molecule has 138 valence electrons. The van der Waals surface area contributed by atoms with Crippen molar-refractivity contribution < 1.29 is 27.6 Å². The van der Waals surface area contributed by atoms with Crippen LogP contribution in [-0.2, 0) is 14.6 Å². The molecule has 2 aromatic rings. The maximum Gasteiger partial charge on any atom is 0.338 e. The Kier molecular flexibility index (Phi) is 6.29. The maximum atomic E-state index is 12.0. The van der Waals surface area contributed by atoms with E-state index in [4.69, 9.17) is 9.47 Å². The second kappa shape index (κ2) is 8.43. The van der Waals surface area contributed by atoms with Crippen molar-refractivity contribution in [2.45, 2.75) is 11.3 Å². The highest BCUT2D eigenvalue weighted by molar-refractivity contribution is 7.90. The van der Waals surface area contributed by atoms with Crippen LogP contribution < -0.4 is 4.74 Å². The molecule has 0 N–H and O–H groups in total. The fraction of sp³-hybridized carbons (Fsp3) is 0.235. The Labute approximate surface area is 150 Å². The molecule has 0 aromatic heterocycles. The lowest BCUT2D eigenvalue weighted by atomic mass is 10.2. The number of benzene rings is 2. The van der Waals surface area contributed by atoms with Gasteiger partial charge in [0.25, 0.3) is 5.69 Å². The molecular formula is C17H17NO7S. The summed E-state index contributed by atoms with van der Waals surface area (Å²) in [6.45, 7) is 0.401. The first kappa shape index (κ1) is 19.4. The summed E-state index contributed by atoms with van der Waals surface area (Å²) in [6.07, 6.45) is 1.30. The number of carbonyl (C=O) groups is 1. The van der Waals surface area contributed by atoms with E-state index in [1.165, 1.54) is 6.07 Å². The SMILES string of the molecule is CS(=O)(=O)c1ccc(C(=O)OCCCOc2ccccc2)cc1[N+](=O)[O-]. The molecular weight excluding hydrogens is 362 g/mol. The van der Waals surface area contributed by atoms with E-state index in [1.807, 2.05) is 18.2 Å². The van der Waals surface area contributed by atoms with Gasteiger partial charge < -0.3 is 9.47 Å². The highest BCUT2D eigenvalue weighted by Crippen LogP contribution is 2.25. The van der Waals surface area contributed by atoms with E-state index < -0.39 is 31.3 Å². The largest absolute Gasteiger partial charge is 0.493 e. The third-order valence-electron chi connectivity index (χ3n) is 3.32. The number of rotatable bonds is 8. The zero-order valence-electron chi connectivity index (χ0n) is 14.0. The predicted molar refractivity (Wildman–Crippen MR) is 93.0 cm³/mol. The first-order chi connectivity index (χ1) is 12.3. The minimum absolute atomic E-state index is 0.0628. The minimum Gasteiger partial charge on any atom is -0.493 e. The summed E-state index contributed by atoms with van der Waals surface area (Å²) in [5, 5.41) is 11.0. The maximum absolute atomic E-state index is 12.0. The van der Waals surface area contributed by atoms with Crippen LogP contribution in [0.25, 0.3) is 0 Å². The average Bonchev–Trinajstić information content (AvgIpc) is 2.60. The third kappa shape index (κ3) is 5.28. The van der Waals surface area contributed by atoms with Crippen molar-refractivity contribution >= 4 is 21.5 Å². The van der Waals surface area contributed by atoms with E-state index in [0.29, 0.717) is 18.8 Å². The molecule has 9 heteroatoms. The number of para-hydroxylation sites is 1. The summed E-state index contributed by atoms with van der Waals surface area (Å²) in [5.74, 6) is -0.0707. The van der Waals surface area contributed by atoms with Crippen molar-refractivity contribution in [2.75, 3.05) is 19.5 Å². The molecule has 0 unspecified atom stereocenters. The Hall–Kier alpha value is -2.94. The normalized spacial score (nSPS) is 11.0. The van der Waals surface area contributed by atoms with Crippen molar-refractivity contribution in [1.82, 2.24) is 0 Å². The monoisotopic (exact) mass is 379 g/mol. The van der Waals surface area contributed by atoms with Crippen LogP contribution in [0.15, 0.2) is 53.4 Å². The van der Waals surface area contributed by atoms with Gasteiger partial charge in [0.1, 0.15) is 10.6 Å². The number of nitrogens with zero attached hydrogens (tertiary/aromatic N) is 1. The van der Waals surface area contributed by atoms with Gasteiger partial charge in [0, 0.05) is 18.7 Å². The van der Waals surface area contributed by atoms with Crippen molar-refractivity contribution in [3.63, 3.8) is 0 Å². The van der Waals surface area contributed by atoms with E-state index >= 15 is 0 Å². The van der Waals surface area contributed by atoms with Crippen LogP contribution in [0.5, 0.6) is 5.75 Å². The Bertz CT molecular complexity index is 895. The van der Waals surface area contributed by atoms with Gasteiger partial charge in [-0.2, -0.15) is 0 Å². The van der Waals surface area contributed by atoms with Gasteiger partial charge in [0.15, 0.2) is 9.84 Å². The van der Waals surface area contributed by atoms with E-state index in [-0.39, 0.29) is 12.2 Å². The summed E-state index contributed by atoms with van der Waals surface area (Å²) in [5.41, 5.74) is -0.748. The molecule has 0 bridgehead atoms. The fourth-order valence-corrected chi connectivity index (χ4v) is 2.94. The molecule has 0 saturated carbocycles. The second-order valence-electron chi connectivity index (χ2n) is 5.36. The van der Waals surface area contributed by atoms with E-state index in [1.54, 1.807) is 12.1 Å². The first-order valence-electron chi connectivity index (χ1n) is 7.62. The van der Waals surface area contributed by atoms with Gasteiger partial charge >= 0.3 is 5.97 Å². The van der Waals surface area contributed by atoms with Crippen LogP contribution >= 0.6 is 0 Å². The molecule has 0 atom stereocenters. The van der Waals surface area contributed by atoms with Crippen LogP contribution in [-0.4, -0.2) is 38.8 Å². The van der Waals surface area contributed by atoms with Gasteiger partial charge in [-0.05, 0) is 24.3 Å². The van der Waals surface area contributed by atoms with Gasteiger partial charge in [0.05, 0.1) is 23.7 Å². The molecule has 0 aliphatic rings. The van der Waals surface area contributed by atoms with Crippen LogP contribution in [0.2, 0.25) is 0 Å². The number of hydrogen-bond acceptors (Lipinski definition) is 7. The number of nitro groups is 1. The first-order valence-corrected chi connectivity index (χ1v) is 9.51. The number of sulfone groups is 1. The van der Waals surface area contributed by atoms with Crippen molar-refractivity contribution in [2.24, 2.45) is 0 Å². The highest BCUT2D eigenvalue weighted by Gasteiger charge is 2.24. The van der Waals surface area contributed by atoms with Gasteiger partial charge in [-0.1, -0.05) is 18.2 Å². The third-order valence-corrected chi connectivity index (χ3v) is 4.47. The molecule has 0 amide bonds. The Balaban J connectivity index is 1.93. The molecule has 8 nitrogen and oxygen atoms in total. The number of esters is 1. The van der Waals surface area contributed by atoms with Crippen LogP contribution in [0.1, 0.15) is 16.8 Å². The average molecular weight is 379 g/mol. The standard InChI is InChI=1S/C17H17NO7S/c1-26(22,23)16-9-8-13(12-15(16)18(20)21)17(19)25-11-5-10-24-14-6-3-2-4-7-14/h2-4,6-9,12H,5,10-11H2,1H3. The second-order valence-corrected chi connectivity index (χ2v) is 7.35. The van der Waals surface area contributed by atoms with E-state index in [2.05, 4.69) is 0 Å². The number of ether oxygens (including phenoxy) is 2. The number of carbonyl (C=O) groups excluding carboxylic acids is 1. The molecule has 0 aliphatic carbocycles. The fourth-order valence-electron chi connectivity index (χ4n) is 2.11. The van der Waals surface area contributed by atoms with Crippen molar-refractivity contribution in [1.29, 1.82) is 0 Å². The summed E-state index contributed by atoms with van der Waals surface area (Å²) < 4.78 is 33.6. The molecule has 0 spiro atoms. The summed E-state index contributed by atoms with van der Waals surface area (Å²) in [6, 6.07) is 12.3. The number of nitro benzene ring substituents is 1. The molecule has 0 radical (unpaired) electrons. The highest BCUT2D eigenvalue weighted by atomic mass is 32.2. The smallest absolute Gasteiger partial charge is 0.338 e. The Morgan fingerprint density at radius 1 is 1.12 bits per heavy atom. The lowest BCUT2D eigenvalue weighted by Gasteiger charge is -2.08. The van der Waals surface area contributed by atoms with Gasteiger partial charge in [-0.3, -0.25) is 10.1 Å². The summed E-state index contributed by atoms with van der Waals surface area (Å²) >= 11 is 0. The van der Waals surface area contributed by atoms with Crippen molar-refractivity contribution in [3.05, 3.63) is 64.2 Å². The number of hydrogen-bond donors (Lipinski definition) is 0. The molecule has 0 heterocycles. The minimum atomic E-state index is -3.78. The molecule has 2 rings (SSSR count). The van der Waals surface area contributed by atoms with Crippen LogP contribution in [0.3, 0.4) is 0 Å². The van der Waals surface area contributed by atoms with Gasteiger partial charge in [0.2, 0.25) is 0 Å². The zero-order chi connectivity index (χ0) is 19.2. The topological polar surface area (TPSA) is 113 Å². The van der Waals surface area contributed by atoms with Crippen LogP contribution in [0, 0.1) is 10.1 Å². The van der Waals surface area contributed by atoms with E-state index in [9.17, 15) is 23.3 Å². The Morgan fingerprint density at radius 3 is 2.42 bits per heavy atom. The lowest BCUT2D eigenvalue weighted by molar-refractivity contribution is -0.387. The van der Waals surface area contributed by atoms with Crippen LogP contribution in [0.4, 0.5) is 5.69 Å². The van der Waals surface area contributed by atoms with Gasteiger partial charge in [-0.15, -0.1) is 0 Å². The van der Waals surface area contributed by atoms with Crippen molar-refractivity contribution in [3.8, 4) is 5.75 Å². The predicted octanol–water partition coefficient (Wildman–Crippen LogP) is 2.62. The quantitative estimate of drug-likeness (QED) is 0.300. The molecule has 0 aliphatic heterocycles. The molecule has 26 heavy (non-hydrogen) atoms. The zero-order valence-corrected chi connectivity index (χ0v) is 14.8. The lowest BCUT2D eigenvalue weighted by Crippen LogP contribution is -2.11. The Morgan fingerprint density at radius 2 is 1.81 bits per heavy atom. The summed E-state index contributed by atoms with van der Waals surface area (Å²) in [4.78, 5) is 21.7.